The largest absolute Gasteiger partial charge is 0.393 e. The van der Waals surface area contributed by atoms with Gasteiger partial charge in [-0.1, -0.05) is 0 Å². The summed E-state index contributed by atoms with van der Waals surface area (Å²) in [7, 11) is 0. The van der Waals surface area contributed by atoms with Crippen molar-refractivity contribution in [2.75, 3.05) is 0 Å². The van der Waals surface area contributed by atoms with Crippen molar-refractivity contribution in [2.45, 2.75) is 50.8 Å². The van der Waals surface area contributed by atoms with Crippen molar-refractivity contribution >= 4 is 0 Å². The van der Waals surface area contributed by atoms with E-state index in [0.717, 1.165) is 25.7 Å². The highest BCUT2D eigenvalue weighted by Gasteiger charge is 2.20. The number of aromatic amines is 1. The number of aliphatic hydroxyl groups excluding tert-OH is 1. The second-order valence-corrected chi connectivity index (χ2v) is 4.43. The maximum absolute atomic E-state index is 9.40. The fourth-order valence-electron chi connectivity index (χ4n) is 2.19. The number of aromatic nitrogens is 2. The van der Waals surface area contributed by atoms with E-state index in [1.165, 1.54) is 5.56 Å². The van der Waals surface area contributed by atoms with Gasteiger partial charge < -0.3 is 10.4 Å². The standard InChI is InChI=1S/C11H19N3O/c1-8(9-6-12-13-7-9)14-10-2-4-11(15)5-3-10/h6-8,10-11,14-15H,2-5H2,1H3,(H,12,13). The molecule has 84 valence electrons. The number of rotatable bonds is 3. The predicted octanol–water partition coefficient (Wildman–Crippen LogP) is 1.36. The van der Waals surface area contributed by atoms with Crippen LogP contribution >= 0.6 is 0 Å². The van der Waals surface area contributed by atoms with Gasteiger partial charge in [-0.2, -0.15) is 5.10 Å². The van der Waals surface area contributed by atoms with E-state index in [4.69, 9.17) is 0 Å². The van der Waals surface area contributed by atoms with E-state index in [-0.39, 0.29) is 6.10 Å². The van der Waals surface area contributed by atoms with Crippen LogP contribution < -0.4 is 5.32 Å². The molecule has 4 nitrogen and oxygen atoms in total. The number of nitrogens with zero attached hydrogens (tertiary/aromatic N) is 1. The second kappa shape index (κ2) is 4.77. The summed E-state index contributed by atoms with van der Waals surface area (Å²) < 4.78 is 0. The minimum absolute atomic E-state index is 0.0766. The van der Waals surface area contributed by atoms with Gasteiger partial charge in [-0.25, -0.2) is 0 Å². The molecular formula is C11H19N3O. The summed E-state index contributed by atoms with van der Waals surface area (Å²) in [4.78, 5) is 0. The topological polar surface area (TPSA) is 60.9 Å². The molecule has 1 aromatic rings. The van der Waals surface area contributed by atoms with E-state index in [1.54, 1.807) is 0 Å². The minimum atomic E-state index is -0.0766. The summed E-state index contributed by atoms with van der Waals surface area (Å²) in [5, 5.41) is 19.7. The second-order valence-electron chi connectivity index (χ2n) is 4.43. The molecular weight excluding hydrogens is 190 g/mol. The van der Waals surface area contributed by atoms with Crippen LogP contribution in [0, 0.1) is 0 Å². The first kappa shape index (κ1) is 10.6. The third-order valence-electron chi connectivity index (χ3n) is 3.20. The first-order valence-electron chi connectivity index (χ1n) is 5.68. The lowest BCUT2D eigenvalue weighted by atomic mass is 9.92. The predicted molar refractivity (Wildman–Crippen MR) is 58.4 cm³/mol. The SMILES string of the molecule is CC(NC1CCC(O)CC1)c1cn[nH]c1. The Balaban J connectivity index is 1.82. The molecule has 2 rings (SSSR count). The van der Waals surface area contributed by atoms with Gasteiger partial charge in [0.05, 0.1) is 12.3 Å². The zero-order valence-electron chi connectivity index (χ0n) is 9.11. The monoisotopic (exact) mass is 209 g/mol. The van der Waals surface area contributed by atoms with Crippen LogP contribution in [0.15, 0.2) is 12.4 Å². The zero-order chi connectivity index (χ0) is 10.7. The molecule has 0 saturated heterocycles. The Kier molecular flexibility index (Phi) is 3.38. The van der Waals surface area contributed by atoms with Gasteiger partial charge >= 0.3 is 0 Å². The molecule has 0 spiro atoms. The van der Waals surface area contributed by atoms with Gasteiger partial charge in [0.1, 0.15) is 0 Å². The maximum atomic E-state index is 9.40. The molecule has 0 bridgehead atoms. The van der Waals surface area contributed by atoms with Gasteiger partial charge in [-0.15, -0.1) is 0 Å². The molecule has 0 aromatic carbocycles. The van der Waals surface area contributed by atoms with Gasteiger partial charge in [-0.3, -0.25) is 5.10 Å². The highest BCUT2D eigenvalue weighted by Crippen LogP contribution is 2.21. The van der Waals surface area contributed by atoms with Crippen molar-refractivity contribution in [3.8, 4) is 0 Å². The molecule has 3 N–H and O–H groups in total. The van der Waals surface area contributed by atoms with Crippen LogP contribution in [0.5, 0.6) is 0 Å². The van der Waals surface area contributed by atoms with Crippen LogP contribution in [0.4, 0.5) is 0 Å². The highest BCUT2D eigenvalue weighted by molar-refractivity contribution is 5.08. The lowest BCUT2D eigenvalue weighted by Gasteiger charge is -2.28. The van der Waals surface area contributed by atoms with Crippen molar-refractivity contribution in [2.24, 2.45) is 0 Å². The third-order valence-corrected chi connectivity index (χ3v) is 3.20. The first-order valence-corrected chi connectivity index (χ1v) is 5.68. The molecule has 1 fully saturated rings. The summed E-state index contributed by atoms with van der Waals surface area (Å²) in [6.07, 6.45) is 7.70. The van der Waals surface area contributed by atoms with Crippen LogP contribution in [-0.2, 0) is 0 Å². The molecule has 1 aliphatic carbocycles. The molecule has 0 aliphatic heterocycles. The summed E-state index contributed by atoms with van der Waals surface area (Å²) in [5.41, 5.74) is 1.20. The zero-order valence-corrected chi connectivity index (χ0v) is 9.11. The smallest absolute Gasteiger partial charge is 0.0541 e. The minimum Gasteiger partial charge on any atom is -0.393 e. The number of H-pyrrole nitrogens is 1. The van der Waals surface area contributed by atoms with E-state index >= 15 is 0 Å². The summed E-state index contributed by atoms with van der Waals surface area (Å²) >= 11 is 0. The lowest BCUT2D eigenvalue weighted by Crippen LogP contribution is -2.36. The van der Waals surface area contributed by atoms with Crippen LogP contribution in [0.1, 0.15) is 44.2 Å². The van der Waals surface area contributed by atoms with Gasteiger partial charge in [0.25, 0.3) is 0 Å². The van der Waals surface area contributed by atoms with Crippen molar-refractivity contribution in [1.82, 2.24) is 15.5 Å². The molecule has 0 amide bonds. The number of nitrogens with one attached hydrogen (secondary N) is 2. The Morgan fingerprint density at radius 3 is 2.80 bits per heavy atom. The molecule has 1 atom stereocenters. The van der Waals surface area contributed by atoms with Crippen molar-refractivity contribution in [3.05, 3.63) is 18.0 Å². The fourth-order valence-corrected chi connectivity index (χ4v) is 2.19. The van der Waals surface area contributed by atoms with E-state index < -0.39 is 0 Å². The van der Waals surface area contributed by atoms with Gasteiger partial charge in [-0.05, 0) is 32.6 Å². The quantitative estimate of drug-likeness (QED) is 0.704. The van der Waals surface area contributed by atoms with Gasteiger partial charge in [0, 0.05) is 23.8 Å². The van der Waals surface area contributed by atoms with E-state index in [2.05, 4.69) is 22.4 Å². The van der Waals surface area contributed by atoms with Crippen LogP contribution in [0.3, 0.4) is 0 Å². The Bertz CT molecular complexity index is 278. The first-order chi connectivity index (χ1) is 7.25. The Hall–Kier alpha value is -0.870. The number of hydrogen-bond acceptors (Lipinski definition) is 3. The molecule has 4 heteroatoms. The molecule has 1 heterocycles. The lowest BCUT2D eigenvalue weighted by molar-refractivity contribution is 0.114. The van der Waals surface area contributed by atoms with E-state index in [1.807, 2.05) is 12.4 Å². The molecule has 15 heavy (non-hydrogen) atoms. The highest BCUT2D eigenvalue weighted by atomic mass is 16.3. The summed E-state index contributed by atoms with van der Waals surface area (Å²) in [6, 6.07) is 0.877. The molecule has 1 saturated carbocycles. The van der Waals surface area contributed by atoms with Crippen LogP contribution in [0.25, 0.3) is 0 Å². The summed E-state index contributed by atoms with van der Waals surface area (Å²) in [6.45, 7) is 2.15. The summed E-state index contributed by atoms with van der Waals surface area (Å²) in [5.74, 6) is 0. The molecule has 1 aliphatic rings. The Morgan fingerprint density at radius 1 is 1.47 bits per heavy atom. The fraction of sp³-hybridized carbons (Fsp3) is 0.727. The third kappa shape index (κ3) is 2.79. The molecule has 1 aromatic heterocycles. The average molecular weight is 209 g/mol. The van der Waals surface area contributed by atoms with Gasteiger partial charge in [0.15, 0.2) is 0 Å². The average Bonchev–Trinajstić information content (AvgIpc) is 2.74. The molecule has 1 unspecified atom stereocenters. The number of aliphatic hydroxyl groups is 1. The van der Waals surface area contributed by atoms with Crippen molar-refractivity contribution < 1.29 is 5.11 Å². The Labute approximate surface area is 90.1 Å². The molecule has 0 radical (unpaired) electrons. The van der Waals surface area contributed by atoms with Crippen molar-refractivity contribution in [3.63, 3.8) is 0 Å². The number of hydrogen-bond donors (Lipinski definition) is 3. The van der Waals surface area contributed by atoms with Crippen molar-refractivity contribution in [1.29, 1.82) is 0 Å². The van der Waals surface area contributed by atoms with Crippen LogP contribution in [0.2, 0.25) is 0 Å². The normalized spacial score (nSPS) is 28.9. The maximum Gasteiger partial charge on any atom is 0.0541 e. The Morgan fingerprint density at radius 2 is 2.20 bits per heavy atom. The van der Waals surface area contributed by atoms with E-state index in [9.17, 15) is 5.11 Å². The van der Waals surface area contributed by atoms with E-state index in [0.29, 0.717) is 12.1 Å². The van der Waals surface area contributed by atoms with Gasteiger partial charge in [0.2, 0.25) is 0 Å². The van der Waals surface area contributed by atoms with Crippen LogP contribution in [-0.4, -0.2) is 27.4 Å².